The van der Waals surface area contributed by atoms with Gasteiger partial charge in [-0.15, -0.1) is 0 Å². The summed E-state index contributed by atoms with van der Waals surface area (Å²) >= 11 is 6.27. The Bertz CT molecular complexity index is 937. The second-order valence-corrected chi connectivity index (χ2v) is 9.48. The van der Waals surface area contributed by atoms with Crippen LogP contribution in [-0.2, 0) is 19.6 Å². The number of carbonyl (C=O) groups is 2. The Kier molecular flexibility index (Phi) is 6.98. The second kappa shape index (κ2) is 9.15. The van der Waals surface area contributed by atoms with Crippen LogP contribution in [0.3, 0.4) is 0 Å². The van der Waals surface area contributed by atoms with Gasteiger partial charge in [-0.05, 0) is 25.6 Å². The lowest BCUT2D eigenvalue weighted by molar-refractivity contribution is -0.134. The number of amides is 2. The minimum Gasteiger partial charge on any atom is -0.339 e. The molecule has 1 aromatic rings. The van der Waals surface area contributed by atoms with Crippen LogP contribution in [0, 0.1) is 5.82 Å². The van der Waals surface area contributed by atoms with Gasteiger partial charge >= 0.3 is 0 Å². The predicted molar refractivity (Wildman–Crippen MR) is 110 cm³/mol. The number of nitrogens with two attached hydrogens (primary N) is 1. The normalized spacial score (nSPS) is 19.4. The predicted octanol–water partition coefficient (Wildman–Crippen LogP) is -0.0145. The third-order valence-corrected chi connectivity index (χ3v) is 7.29. The van der Waals surface area contributed by atoms with E-state index in [2.05, 4.69) is 9.62 Å². The lowest BCUT2D eigenvalue weighted by atomic mass is 10.2. The van der Waals surface area contributed by atoms with Gasteiger partial charge in [0.15, 0.2) is 0 Å². The Morgan fingerprint density at radius 2 is 1.93 bits per heavy atom. The first kappa shape index (κ1) is 22.9. The molecular formula is C18H25ClFN5O4S. The van der Waals surface area contributed by atoms with E-state index in [-0.39, 0.29) is 29.6 Å². The summed E-state index contributed by atoms with van der Waals surface area (Å²) in [4.78, 5) is 29.1. The Morgan fingerprint density at radius 1 is 1.27 bits per heavy atom. The van der Waals surface area contributed by atoms with Gasteiger partial charge < -0.3 is 20.4 Å². The van der Waals surface area contributed by atoms with Gasteiger partial charge in [0.05, 0.1) is 10.7 Å². The molecule has 0 aliphatic carbocycles. The van der Waals surface area contributed by atoms with Crippen molar-refractivity contribution in [1.29, 1.82) is 0 Å². The van der Waals surface area contributed by atoms with E-state index in [0.29, 0.717) is 39.1 Å². The minimum atomic E-state index is -4.39. The highest BCUT2D eigenvalue weighted by molar-refractivity contribution is 7.89. The van der Waals surface area contributed by atoms with Crippen LogP contribution in [-0.4, -0.2) is 82.4 Å². The van der Waals surface area contributed by atoms with E-state index in [1.807, 2.05) is 7.05 Å². The van der Waals surface area contributed by atoms with E-state index in [0.717, 1.165) is 12.1 Å². The monoisotopic (exact) mass is 461 g/mol. The average Bonchev–Trinajstić information content (AvgIpc) is 3.13. The van der Waals surface area contributed by atoms with Gasteiger partial charge in [-0.2, -0.15) is 4.72 Å². The Morgan fingerprint density at radius 3 is 2.50 bits per heavy atom. The van der Waals surface area contributed by atoms with Crippen LogP contribution in [0.15, 0.2) is 17.0 Å². The van der Waals surface area contributed by atoms with Gasteiger partial charge in [-0.3, -0.25) is 9.59 Å². The van der Waals surface area contributed by atoms with Crippen LogP contribution in [0.2, 0.25) is 5.02 Å². The summed E-state index contributed by atoms with van der Waals surface area (Å²) < 4.78 is 42.4. The fourth-order valence-electron chi connectivity index (χ4n) is 3.54. The Hall–Kier alpha value is -1.79. The van der Waals surface area contributed by atoms with Gasteiger partial charge in [0.25, 0.3) is 0 Å². The van der Waals surface area contributed by atoms with E-state index in [1.165, 1.54) is 4.90 Å². The SMILES string of the molecule is CN1CCN(C(=O)[C@H](CN)NS(=O)(=O)c2cc(F)cc(N3CCCC3=O)c2Cl)CC1. The molecule has 0 bridgehead atoms. The maximum Gasteiger partial charge on any atom is 0.243 e. The summed E-state index contributed by atoms with van der Waals surface area (Å²) in [5, 5.41) is -0.276. The summed E-state index contributed by atoms with van der Waals surface area (Å²) in [7, 11) is -2.46. The summed E-state index contributed by atoms with van der Waals surface area (Å²) in [6.07, 6.45) is 0.850. The molecule has 9 nitrogen and oxygen atoms in total. The molecule has 1 aromatic carbocycles. The second-order valence-electron chi connectivity index (χ2n) is 7.42. The number of halogens is 2. The fraction of sp³-hybridized carbons (Fsp3) is 0.556. The third-order valence-electron chi connectivity index (χ3n) is 5.28. The molecule has 0 radical (unpaired) electrons. The molecule has 0 saturated carbocycles. The lowest BCUT2D eigenvalue weighted by Crippen LogP contribution is -2.56. The molecule has 0 aromatic heterocycles. The number of hydrogen-bond donors (Lipinski definition) is 2. The molecule has 12 heteroatoms. The van der Waals surface area contributed by atoms with Gasteiger partial charge in [0.2, 0.25) is 21.8 Å². The fourth-order valence-corrected chi connectivity index (χ4v) is 5.37. The van der Waals surface area contributed by atoms with E-state index < -0.39 is 32.7 Å². The van der Waals surface area contributed by atoms with Crippen LogP contribution in [0.25, 0.3) is 0 Å². The summed E-state index contributed by atoms with van der Waals surface area (Å²) in [5.74, 6) is -1.57. The quantitative estimate of drug-likeness (QED) is 0.615. The summed E-state index contributed by atoms with van der Waals surface area (Å²) in [5.41, 5.74) is 5.66. The van der Waals surface area contributed by atoms with E-state index in [4.69, 9.17) is 17.3 Å². The van der Waals surface area contributed by atoms with Crippen LogP contribution in [0.1, 0.15) is 12.8 Å². The van der Waals surface area contributed by atoms with Crippen molar-refractivity contribution in [2.24, 2.45) is 5.73 Å². The number of anilines is 1. The number of likely N-dealkylation sites (N-methyl/N-ethyl adjacent to an activating group) is 1. The first-order valence-corrected chi connectivity index (χ1v) is 11.5. The molecule has 2 saturated heterocycles. The Labute approximate surface area is 180 Å². The number of rotatable bonds is 6. The van der Waals surface area contributed by atoms with E-state index in [9.17, 15) is 22.4 Å². The van der Waals surface area contributed by atoms with Crippen molar-refractivity contribution in [2.45, 2.75) is 23.8 Å². The highest BCUT2D eigenvalue weighted by atomic mass is 35.5. The van der Waals surface area contributed by atoms with Crippen LogP contribution in [0.4, 0.5) is 10.1 Å². The van der Waals surface area contributed by atoms with Gasteiger partial charge in [0, 0.05) is 45.7 Å². The first-order chi connectivity index (χ1) is 14.1. The largest absolute Gasteiger partial charge is 0.339 e. The van der Waals surface area contributed by atoms with Crippen LogP contribution in [0.5, 0.6) is 0 Å². The van der Waals surface area contributed by atoms with Crippen LogP contribution < -0.4 is 15.4 Å². The third kappa shape index (κ3) is 4.75. The molecule has 30 heavy (non-hydrogen) atoms. The molecule has 3 rings (SSSR count). The topological polar surface area (TPSA) is 116 Å². The van der Waals surface area contributed by atoms with E-state index >= 15 is 0 Å². The molecule has 0 unspecified atom stereocenters. The summed E-state index contributed by atoms with van der Waals surface area (Å²) in [6, 6.07) is 0.581. The molecule has 166 valence electrons. The molecule has 2 aliphatic heterocycles. The van der Waals surface area contributed by atoms with Gasteiger partial charge in [-0.25, -0.2) is 12.8 Å². The number of benzene rings is 1. The number of carbonyl (C=O) groups excluding carboxylic acids is 2. The van der Waals surface area contributed by atoms with Crippen LogP contribution >= 0.6 is 11.6 Å². The highest BCUT2D eigenvalue weighted by Gasteiger charge is 2.33. The zero-order valence-electron chi connectivity index (χ0n) is 16.6. The maximum atomic E-state index is 14.2. The number of hydrogen-bond acceptors (Lipinski definition) is 6. The number of nitrogens with one attached hydrogen (secondary N) is 1. The molecule has 2 aliphatic rings. The van der Waals surface area contributed by atoms with Crippen molar-refractivity contribution in [3.05, 3.63) is 23.0 Å². The standard InChI is InChI=1S/C18H25ClFN5O4S/c1-23-5-7-24(8-6-23)18(27)13(11-21)22-30(28,29)15-10-12(20)9-14(17(15)19)25-4-2-3-16(25)26/h9-10,13,22H,2-8,11,21H2,1H3/t13-/m0/s1. The maximum absolute atomic E-state index is 14.2. The van der Waals surface area contributed by atoms with Gasteiger partial charge in [-0.1, -0.05) is 11.6 Å². The zero-order chi connectivity index (χ0) is 22.1. The van der Waals surface area contributed by atoms with Crippen molar-refractivity contribution < 1.29 is 22.4 Å². The average molecular weight is 462 g/mol. The Balaban J connectivity index is 1.86. The smallest absolute Gasteiger partial charge is 0.243 e. The lowest BCUT2D eigenvalue weighted by Gasteiger charge is -2.34. The first-order valence-electron chi connectivity index (χ1n) is 9.63. The number of sulfonamides is 1. The van der Waals surface area contributed by atoms with Crippen molar-refractivity contribution in [3.8, 4) is 0 Å². The minimum absolute atomic E-state index is 0.00534. The molecule has 3 N–H and O–H groups in total. The highest BCUT2D eigenvalue weighted by Crippen LogP contribution is 2.35. The molecule has 2 fully saturated rings. The van der Waals surface area contributed by atoms with Crippen molar-refractivity contribution in [2.75, 3.05) is 51.2 Å². The molecule has 2 amide bonds. The molecule has 0 spiro atoms. The summed E-state index contributed by atoms with van der Waals surface area (Å²) in [6.45, 7) is 2.29. The van der Waals surface area contributed by atoms with Crippen molar-refractivity contribution in [3.63, 3.8) is 0 Å². The number of piperazine rings is 1. The van der Waals surface area contributed by atoms with E-state index in [1.54, 1.807) is 4.90 Å². The van der Waals surface area contributed by atoms with Crippen molar-refractivity contribution >= 4 is 39.1 Å². The van der Waals surface area contributed by atoms with Crippen molar-refractivity contribution in [1.82, 2.24) is 14.5 Å². The number of nitrogens with zero attached hydrogens (tertiary/aromatic N) is 3. The van der Waals surface area contributed by atoms with Gasteiger partial charge in [0.1, 0.15) is 16.8 Å². The molecular weight excluding hydrogens is 437 g/mol. The molecule has 2 heterocycles. The molecule has 1 atom stereocenters. The zero-order valence-corrected chi connectivity index (χ0v) is 18.2.